The number of nitrogens with two attached hydrogens (primary N) is 1. The SMILES string of the molecule is CC(N)c1ccc(OCCN(C(C)C)C(C)C)nc1. The molecule has 1 heterocycles. The zero-order valence-electron chi connectivity index (χ0n) is 12.8. The Morgan fingerprint density at radius 3 is 2.21 bits per heavy atom. The van der Waals surface area contributed by atoms with Crippen LogP contribution in [-0.2, 0) is 0 Å². The summed E-state index contributed by atoms with van der Waals surface area (Å²) in [5.41, 5.74) is 6.81. The summed E-state index contributed by atoms with van der Waals surface area (Å²) in [5, 5.41) is 0. The molecule has 0 spiro atoms. The van der Waals surface area contributed by atoms with Gasteiger partial charge in [0.15, 0.2) is 0 Å². The predicted molar refractivity (Wildman–Crippen MR) is 79.3 cm³/mol. The van der Waals surface area contributed by atoms with Crippen molar-refractivity contribution in [3.05, 3.63) is 23.9 Å². The van der Waals surface area contributed by atoms with Crippen molar-refractivity contribution in [2.24, 2.45) is 5.73 Å². The zero-order valence-corrected chi connectivity index (χ0v) is 12.8. The number of ether oxygens (including phenoxy) is 1. The van der Waals surface area contributed by atoms with Crippen molar-refractivity contribution in [2.75, 3.05) is 13.2 Å². The van der Waals surface area contributed by atoms with Gasteiger partial charge < -0.3 is 10.5 Å². The fourth-order valence-electron chi connectivity index (χ4n) is 2.11. The van der Waals surface area contributed by atoms with Crippen molar-refractivity contribution in [3.63, 3.8) is 0 Å². The highest BCUT2D eigenvalue weighted by Gasteiger charge is 2.12. The Bertz CT molecular complexity index is 352. The standard InChI is InChI=1S/C15H27N3O/c1-11(2)18(12(3)4)8-9-19-15-7-6-14(10-17-15)13(5)16/h6-7,10-13H,8-9,16H2,1-5H3. The molecule has 19 heavy (non-hydrogen) atoms. The molecule has 4 nitrogen and oxygen atoms in total. The first-order chi connectivity index (χ1) is 8.91. The van der Waals surface area contributed by atoms with Gasteiger partial charge in [-0.3, -0.25) is 4.90 Å². The molecule has 1 atom stereocenters. The lowest BCUT2D eigenvalue weighted by Crippen LogP contribution is -2.39. The van der Waals surface area contributed by atoms with Crippen LogP contribution in [-0.4, -0.2) is 35.1 Å². The van der Waals surface area contributed by atoms with Crippen LogP contribution in [0.5, 0.6) is 5.88 Å². The molecule has 0 saturated heterocycles. The summed E-state index contributed by atoms with van der Waals surface area (Å²) in [7, 11) is 0. The van der Waals surface area contributed by atoms with Gasteiger partial charge in [-0.15, -0.1) is 0 Å². The van der Waals surface area contributed by atoms with Gasteiger partial charge in [-0.05, 0) is 40.2 Å². The number of aromatic nitrogens is 1. The fraction of sp³-hybridized carbons (Fsp3) is 0.667. The first kappa shape index (κ1) is 15.9. The quantitative estimate of drug-likeness (QED) is 0.823. The summed E-state index contributed by atoms with van der Waals surface area (Å²) in [6.07, 6.45) is 1.78. The number of hydrogen-bond donors (Lipinski definition) is 1. The highest BCUT2D eigenvalue weighted by Crippen LogP contribution is 2.12. The van der Waals surface area contributed by atoms with Gasteiger partial charge in [-0.25, -0.2) is 4.98 Å². The van der Waals surface area contributed by atoms with E-state index in [1.807, 2.05) is 19.1 Å². The van der Waals surface area contributed by atoms with E-state index in [0.717, 1.165) is 12.1 Å². The van der Waals surface area contributed by atoms with E-state index in [4.69, 9.17) is 10.5 Å². The number of pyridine rings is 1. The molecule has 0 amide bonds. The van der Waals surface area contributed by atoms with E-state index in [0.29, 0.717) is 24.6 Å². The Balaban J connectivity index is 2.44. The lowest BCUT2D eigenvalue weighted by atomic mass is 10.2. The van der Waals surface area contributed by atoms with Crippen molar-refractivity contribution >= 4 is 0 Å². The largest absolute Gasteiger partial charge is 0.476 e. The summed E-state index contributed by atoms with van der Waals surface area (Å²) in [6, 6.07) is 4.91. The molecule has 1 rings (SSSR count). The van der Waals surface area contributed by atoms with Crippen molar-refractivity contribution in [1.29, 1.82) is 0 Å². The average Bonchev–Trinajstić information content (AvgIpc) is 2.34. The van der Waals surface area contributed by atoms with Crippen molar-refractivity contribution in [3.8, 4) is 5.88 Å². The summed E-state index contributed by atoms with van der Waals surface area (Å²) >= 11 is 0. The molecular weight excluding hydrogens is 238 g/mol. The zero-order chi connectivity index (χ0) is 14.4. The molecule has 4 heteroatoms. The van der Waals surface area contributed by atoms with Gasteiger partial charge in [-0.1, -0.05) is 6.07 Å². The molecule has 1 aromatic heterocycles. The van der Waals surface area contributed by atoms with Crippen molar-refractivity contribution in [2.45, 2.75) is 52.7 Å². The highest BCUT2D eigenvalue weighted by atomic mass is 16.5. The van der Waals surface area contributed by atoms with Gasteiger partial charge >= 0.3 is 0 Å². The minimum Gasteiger partial charge on any atom is -0.476 e. The molecule has 1 aromatic rings. The molecule has 0 fully saturated rings. The summed E-state index contributed by atoms with van der Waals surface area (Å²) in [6.45, 7) is 12.3. The predicted octanol–water partition coefficient (Wildman–Crippen LogP) is 2.60. The van der Waals surface area contributed by atoms with E-state index < -0.39 is 0 Å². The number of hydrogen-bond acceptors (Lipinski definition) is 4. The van der Waals surface area contributed by atoms with Gasteiger partial charge in [0.25, 0.3) is 0 Å². The Hall–Kier alpha value is -1.13. The Morgan fingerprint density at radius 1 is 1.16 bits per heavy atom. The molecule has 1 unspecified atom stereocenters. The van der Waals surface area contributed by atoms with Gasteiger partial charge in [0, 0.05) is 36.9 Å². The molecule has 0 bridgehead atoms. The van der Waals surface area contributed by atoms with Crippen LogP contribution in [0.3, 0.4) is 0 Å². The topological polar surface area (TPSA) is 51.4 Å². The highest BCUT2D eigenvalue weighted by molar-refractivity contribution is 5.19. The van der Waals surface area contributed by atoms with Crippen molar-refractivity contribution < 1.29 is 4.74 Å². The monoisotopic (exact) mass is 265 g/mol. The average molecular weight is 265 g/mol. The number of rotatable bonds is 7. The van der Waals surface area contributed by atoms with E-state index in [1.54, 1.807) is 6.20 Å². The van der Waals surface area contributed by atoms with Crippen LogP contribution in [0.25, 0.3) is 0 Å². The van der Waals surface area contributed by atoms with Crippen molar-refractivity contribution in [1.82, 2.24) is 9.88 Å². The lowest BCUT2D eigenvalue weighted by molar-refractivity contribution is 0.140. The second-order valence-corrected chi connectivity index (χ2v) is 5.49. The molecule has 108 valence electrons. The number of nitrogens with zero attached hydrogens (tertiary/aromatic N) is 2. The summed E-state index contributed by atoms with van der Waals surface area (Å²) in [4.78, 5) is 6.66. The van der Waals surface area contributed by atoms with Crippen LogP contribution in [0, 0.1) is 0 Å². The third-order valence-corrected chi connectivity index (χ3v) is 3.21. The third-order valence-electron chi connectivity index (χ3n) is 3.21. The maximum Gasteiger partial charge on any atom is 0.213 e. The lowest BCUT2D eigenvalue weighted by Gasteiger charge is -2.30. The normalized spacial score (nSPS) is 13.3. The molecule has 0 aromatic carbocycles. The van der Waals surface area contributed by atoms with E-state index in [1.165, 1.54) is 0 Å². The van der Waals surface area contributed by atoms with E-state index >= 15 is 0 Å². The van der Waals surface area contributed by atoms with Gasteiger partial charge in [0.1, 0.15) is 6.61 Å². The molecule has 0 saturated carbocycles. The van der Waals surface area contributed by atoms with E-state index in [2.05, 4.69) is 37.6 Å². The summed E-state index contributed by atoms with van der Waals surface area (Å²) < 4.78 is 5.68. The van der Waals surface area contributed by atoms with E-state index in [9.17, 15) is 0 Å². The second kappa shape index (κ2) is 7.46. The van der Waals surface area contributed by atoms with Gasteiger partial charge in [0.05, 0.1) is 0 Å². The molecule has 0 aliphatic rings. The first-order valence-electron chi connectivity index (χ1n) is 7.02. The molecular formula is C15H27N3O. The maximum atomic E-state index is 5.78. The van der Waals surface area contributed by atoms with Crippen LogP contribution >= 0.6 is 0 Å². The Kier molecular flexibility index (Phi) is 6.25. The minimum absolute atomic E-state index is 0.0129. The molecule has 0 aliphatic carbocycles. The second-order valence-electron chi connectivity index (χ2n) is 5.49. The summed E-state index contributed by atoms with van der Waals surface area (Å²) in [5.74, 6) is 0.664. The van der Waals surface area contributed by atoms with Crippen LogP contribution in [0.4, 0.5) is 0 Å². The Morgan fingerprint density at radius 2 is 1.79 bits per heavy atom. The van der Waals surface area contributed by atoms with Gasteiger partial charge in [-0.2, -0.15) is 0 Å². The van der Waals surface area contributed by atoms with Crippen LogP contribution in [0.1, 0.15) is 46.2 Å². The maximum absolute atomic E-state index is 5.78. The first-order valence-corrected chi connectivity index (χ1v) is 7.02. The smallest absolute Gasteiger partial charge is 0.213 e. The van der Waals surface area contributed by atoms with Crippen LogP contribution in [0.15, 0.2) is 18.3 Å². The molecule has 0 radical (unpaired) electrons. The molecule has 0 aliphatic heterocycles. The third kappa shape index (κ3) is 5.17. The fourth-order valence-corrected chi connectivity index (χ4v) is 2.11. The van der Waals surface area contributed by atoms with E-state index in [-0.39, 0.29) is 6.04 Å². The van der Waals surface area contributed by atoms with Gasteiger partial charge in [0.2, 0.25) is 5.88 Å². The Labute approximate surface area is 117 Å². The van der Waals surface area contributed by atoms with Crippen LogP contribution < -0.4 is 10.5 Å². The minimum atomic E-state index is 0.0129. The van der Waals surface area contributed by atoms with Crippen LogP contribution in [0.2, 0.25) is 0 Å². The molecule has 2 N–H and O–H groups in total.